The molecular weight excluding hydrogens is 332 g/mol. The molecule has 0 unspecified atom stereocenters. The largest absolute Gasteiger partial charge is 0.493 e. The molecule has 0 radical (unpaired) electrons. The molecule has 2 amide bonds. The number of hydrogen-bond acceptors (Lipinski definition) is 4. The number of methoxy groups -OCH3 is 1. The fourth-order valence-electron chi connectivity index (χ4n) is 4.27. The van der Waals surface area contributed by atoms with Crippen LogP contribution in [0.1, 0.15) is 56.3 Å². The summed E-state index contributed by atoms with van der Waals surface area (Å²) in [7, 11) is 1.53. The van der Waals surface area contributed by atoms with Crippen LogP contribution < -0.4 is 20.3 Å². The number of ether oxygens (including phenoxy) is 2. The molecule has 2 aliphatic carbocycles. The van der Waals surface area contributed by atoms with Gasteiger partial charge >= 0.3 is 0 Å². The second-order valence-corrected chi connectivity index (χ2v) is 7.67. The van der Waals surface area contributed by atoms with Crippen molar-refractivity contribution in [2.75, 3.05) is 7.11 Å². The van der Waals surface area contributed by atoms with E-state index in [1.54, 1.807) is 18.2 Å². The van der Waals surface area contributed by atoms with Crippen LogP contribution in [0.2, 0.25) is 0 Å². The number of carbonyl (C=O) groups excluding carboxylic acids is 2. The highest BCUT2D eigenvalue weighted by molar-refractivity contribution is 5.96. The third-order valence-electron chi connectivity index (χ3n) is 5.44. The van der Waals surface area contributed by atoms with Crippen molar-refractivity contribution in [3.63, 3.8) is 0 Å². The van der Waals surface area contributed by atoms with Gasteiger partial charge in [0.05, 0.1) is 13.2 Å². The molecule has 142 valence electrons. The Morgan fingerprint density at radius 2 is 1.96 bits per heavy atom. The van der Waals surface area contributed by atoms with Gasteiger partial charge in [0.1, 0.15) is 0 Å². The average Bonchev–Trinajstić information content (AvgIpc) is 3.22. The number of rotatable bonds is 6. The van der Waals surface area contributed by atoms with Crippen LogP contribution in [-0.2, 0) is 4.79 Å². The van der Waals surface area contributed by atoms with Gasteiger partial charge in [0.25, 0.3) is 5.91 Å². The van der Waals surface area contributed by atoms with E-state index in [2.05, 4.69) is 10.9 Å². The zero-order valence-corrected chi connectivity index (χ0v) is 15.7. The first-order chi connectivity index (χ1) is 12.5. The number of nitrogens with one attached hydrogen (secondary N) is 2. The minimum atomic E-state index is -0.374. The Kier molecular flexibility index (Phi) is 5.69. The van der Waals surface area contributed by atoms with Gasteiger partial charge < -0.3 is 9.47 Å². The Bertz CT molecular complexity index is 674. The first-order valence-electron chi connectivity index (χ1n) is 9.40. The molecule has 2 N–H and O–H groups in total. The monoisotopic (exact) mass is 360 g/mol. The van der Waals surface area contributed by atoms with Gasteiger partial charge in [-0.05, 0) is 69.1 Å². The summed E-state index contributed by atoms with van der Waals surface area (Å²) < 4.78 is 10.9. The number of hydrogen-bond donors (Lipinski definition) is 2. The standard InChI is InChI=1S/C20H28N2O4/c1-12(2)26-17-7-6-15(10-18(17)25-3)20(24)22-21-19(23)11-16-9-13-4-5-14(16)8-13/h6-7,10,12-14,16H,4-5,8-9,11H2,1-3H3,(H,21,23)(H,22,24)/t13-,14+,16-/m0/s1. The van der Waals surface area contributed by atoms with Crippen LogP contribution >= 0.6 is 0 Å². The minimum absolute atomic E-state index is 0.00807. The number of carbonyl (C=O) groups is 2. The van der Waals surface area contributed by atoms with Gasteiger partial charge in [-0.25, -0.2) is 0 Å². The van der Waals surface area contributed by atoms with Gasteiger partial charge in [-0.3, -0.25) is 20.4 Å². The van der Waals surface area contributed by atoms with Crippen molar-refractivity contribution in [2.24, 2.45) is 17.8 Å². The maximum Gasteiger partial charge on any atom is 0.269 e. The Hall–Kier alpha value is -2.24. The van der Waals surface area contributed by atoms with E-state index in [1.165, 1.54) is 26.4 Å². The van der Waals surface area contributed by atoms with Crippen LogP contribution in [0, 0.1) is 17.8 Å². The lowest BCUT2D eigenvalue weighted by molar-refractivity contribution is -0.123. The summed E-state index contributed by atoms with van der Waals surface area (Å²) in [6.45, 7) is 3.84. The van der Waals surface area contributed by atoms with Gasteiger partial charge in [0.2, 0.25) is 5.91 Å². The van der Waals surface area contributed by atoms with Crippen LogP contribution in [0.3, 0.4) is 0 Å². The van der Waals surface area contributed by atoms with E-state index < -0.39 is 0 Å². The molecule has 0 heterocycles. The third kappa shape index (κ3) is 4.29. The summed E-state index contributed by atoms with van der Waals surface area (Å²) in [5.41, 5.74) is 5.44. The summed E-state index contributed by atoms with van der Waals surface area (Å²) in [6.07, 6.45) is 5.49. The number of fused-ring (bicyclic) bond motifs is 2. The summed E-state index contributed by atoms with van der Waals surface area (Å²) in [5, 5.41) is 0. The Balaban J connectivity index is 1.52. The van der Waals surface area contributed by atoms with Gasteiger partial charge in [0.15, 0.2) is 11.5 Å². The summed E-state index contributed by atoms with van der Waals surface area (Å²) in [6, 6.07) is 4.96. The molecule has 6 nitrogen and oxygen atoms in total. The lowest BCUT2D eigenvalue weighted by atomic mass is 9.86. The second-order valence-electron chi connectivity index (χ2n) is 7.67. The van der Waals surface area contributed by atoms with Gasteiger partial charge in [-0.2, -0.15) is 0 Å². The van der Waals surface area contributed by atoms with E-state index >= 15 is 0 Å². The molecule has 6 heteroatoms. The van der Waals surface area contributed by atoms with Crippen molar-refractivity contribution in [1.29, 1.82) is 0 Å². The number of amides is 2. The van der Waals surface area contributed by atoms with Crippen molar-refractivity contribution >= 4 is 11.8 Å². The zero-order chi connectivity index (χ0) is 18.7. The molecule has 2 aliphatic rings. The quantitative estimate of drug-likeness (QED) is 0.765. The molecule has 1 aromatic carbocycles. The predicted octanol–water partition coefficient (Wildman–Crippen LogP) is 3.07. The zero-order valence-electron chi connectivity index (χ0n) is 15.7. The van der Waals surface area contributed by atoms with E-state index in [-0.39, 0.29) is 17.9 Å². The van der Waals surface area contributed by atoms with Gasteiger partial charge in [-0.1, -0.05) is 6.42 Å². The summed E-state index contributed by atoms with van der Waals surface area (Å²) in [5.74, 6) is 2.55. The number of hydrazine groups is 1. The SMILES string of the molecule is COc1cc(C(=O)NNC(=O)C[C@@H]2C[C@H]3CC[C@@H]2C3)ccc1OC(C)C. The molecule has 0 aliphatic heterocycles. The van der Waals surface area contributed by atoms with Gasteiger partial charge in [0, 0.05) is 12.0 Å². The maximum atomic E-state index is 12.3. The van der Waals surface area contributed by atoms with Crippen LogP contribution in [0.4, 0.5) is 0 Å². The van der Waals surface area contributed by atoms with Crippen LogP contribution in [0.5, 0.6) is 11.5 Å². The molecule has 3 rings (SSSR count). The topological polar surface area (TPSA) is 76.7 Å². The van der Waals surface area contributed by atoms with Crippen molar-refractivity contribution < 1.29 is 19.1 Å². The Morgan fingerprint density at radius 1 is 1.15 bits per heavy atom. The average molecular weight is 360 g/mol. The fraction of sp³-hybridized carbons (Fsp3) is 0.600. The Labute approximate surface area is 154 Å². The fourth-order valence-corrected chi connectivity index (χ4v) is 4.27. The number of benzene rings is 1. The van der Waals surface area contributed by atoms with E-state index in [4.69, 9.17) is 9.47 Å². The molecule has 3 atom stereocenters. The lowest BCUT2D eigenvalue weighted by Gasteiger charge is -2.21. The van der Waals surface area contributed by atoms with Crippen molar-refractivity contribution in [3.05, 3.63) is 23.8 Å². The summed E-state index contributed by atoms with van der Waals surface area (Å²) in [4.78, 5) is 24.4. The molecule has 2 saturated carbocycles. The van der Waals surface area contributed by atoms with E-state index in [9.17, 15) is 9.59 Å². The molecule has 1 aromatic rings. The van der Waals surface area contributed by atoms with E-state index in [0.717, 1.165) is 12.3 Å². The lowest BCUT2D eigenvalue weighted by Crippen LogP contribution is -2.42. The molecule has 0 aromatic heterocycles. The minimum Gasteiger partial charge on any atom is -0.493 e. The second kappa shape index (κ2) is 7.98. The predicted molar refractivity (Wildman–Crippen MR) is 97.9 cm³/mol. The highest BCUT2D eigenvalue weighted by Gasteiger charge is 2.40. The van der Waals surface area contributed by atoms with Crippen LogP contribution in [0.25, 0.3) is 0 Å². The first kappa shape index (κ1) is 18.5. The first-order valence-corrected chi connectivity index (χ1v) is 9.40. The molecular formula is C20H28N2O4. The van der Waals surface area contributed by atoms with Gasteiger partial charge in [-0.15, -0.1) is 0 Å². The third-order valence-corrected chi connectivity index (χ3v) is 5.44. The maximum absolute atomic E-state index is 12.3. The molecule has 2 bridgehead atoms. The Morgan fingerprint density at radius 3 is 2.58 bits per heavy atom. The molecule has 0 saturated heterocycles. The molecule has 2 fully saturated rings. The highest BCUT2D eigenvalue weighted by atomic mass is 16.5. The van der Waals surface area contributed by atoms with Crippen molar-refractivity contribution in [1.82, 2.24) is 10.9 Å². The normalized spacial score (nSPS) is 23.8. The van der Waals surface area contributed by atoms with Crippen molar-refractivity contribution in [2.45, 2.75) is 52.1 Å². The summed E-state index contributed by atoms with van der Waals surface area (Å²) >= 11 is 0. The smallest absolute Gasteiger partial charge is 0.269 e. The van der Waals surface area contributed by atoms with E-state index in [0.29, 0.717) is 35.3 Å². The van der Waals surface area contributed by atoms with Crippen molar-refractivity contribution in [3.8, 4) is 11.5 Å². The molecule has 26 heavy (non-hydrogen) atoms. The highest BCUT2D eigenvalue weighted by Crippen LogP contribution is 2.49. The van der Waals surface area contributed by atoms with E-state index in [1.807, 2.05) is 13.8 Å². The molecule has 0 spiro atoms. The van der Waals surface area contributed by atoms with Crippen LogP contribution in [-0.4, -0.2) is 25.0 Å². The van der Waals surface area contributed by atoms with Crippen LogP contribution in [0.15, 0.2) is 18.2 Å².